The van der Waals surface area contributed by atoms with Crippen LogP contribution in [0.3, 0.4) is 0 Å². The van der Waals surface area contributed by atoms with Gasteiger partial charge in [-0.15, -0.1) is 0 Å². The highest BCUT2D eigenvalue weighted by Gasteiger charge is 2.21. The Balaban J connectivity index is 1.03. The van der Waals surface area contributed by atoms with E-state index in [4.69, 9.17) is 9.72 Å². The molecule has 6 rings (SSSR count). The lowest BCUT2D eigenvalue weighted by atomic mass is 10.1. The van der Waals surface area contributed by atoms with Crippen LogP contribution in [-0.4, -0.2) is 82.3 Å². The lowest BCUT2D eigenvalue weighted by molar-refractivity contribution is 0.0342. The van der Waals surface area contributed by atoms with Gasteiger partial charge >= 0.3 is 0 Å². The summed E-state index contributed by atoms with van der Waals surface area (Å²) in [6.07, 6.45) is 7.05. The molecule has 9 nitrogen and oxygen atoms in total. The van der Waals surface area contributed by atoms with Crippen molar-refractivity contribution in [2.24, 2.45) is 0 Å². The quantitative estimate of drug-likeness (QED) is 0.347. The van der Waals surface area contributed by atoms with E-state index in [2.05, 4.69) is 83.2 Å². The van der Waals surface area contributed by atoms with Crippen molar-refractivity contribution in [3.63, 3.8) is 0 Å². The Labute approximate surface area is 229 Å². The topological polar surface area (TPSA) is 83.4 Å². The number of ether oxygens (including phenoxy) is 1. The number of rotatable bonds is 8. The zero-order valence-corrected chi connectivity index (χ0v) is 22.2. The van der Waals surface area contributed by atoms with Gasteiger partial charge in [0.15, 0.2) is 0 Å². The van der Waals surface area contributed by atoms with Gasteiger partial charge in [-0.25, -0.2) is 19.9 Å². The first kappa shape index (κ1) is 25.3. The molecular weight excluding hydrogens is 488 g/mol. The molecule has 200 valence electrons. The molecule has 0 radical (unpaired) electrons. The Kier molecular flexibility index (Phi) is 7.97. The minimum absolute atomic E-state index is 0.690. The molecule has 4 aromatic rings. The van der Waals surface area contributed by atoms with Gasteiger partial charge in [0.05, 0.1) is 13.2 Å². The van der Waals surface area contributed by atoms with Crippen LogP contribution >= 0.6 is 0 Å². The molecule has 0 atom stereocenters. The molecule has 2 aromatic heterocycles. The van der Waals surface area contributed by atoms with Crippen LogP contribution in [-0.2, 0) is 24.1 Å². The molecule has 9 heteroatoms. The first-order chi connectivity index (χ1) is 19.3. The van der Waals surface area contributed by atoms with Gasteiger partial charge in [-0.1, -0.05) is 54.6 Å². The van der Waals surface area contributed by atoms with Crippen molar-refractivity contribution in [1.29, 1.82) is 0 Å². The molecule has 2 fully saturated rings. The van der Waals surface area contributed by atoms with Crippen LogP contribution in [0.5, 0.6) is 0 Å². The van der Waals surface area contributed by atoms with Crippen molar-refractivity contribution in [2.45, 2.75) is 19.4 Å². The monoisotopic (exact) mass is 522 g/mol. The number of piperazine rings is 1. The lowest BCUT2D eigenvalue weighted by Gasteiger charge is -2.34. The standard InChI is InChI=1S/C30H34N8O/c1-2-5-24(6-3-1)17-27-20-31-29(32-21-27)37-9-11-38(12-10-37)30-34-23-33-28(35-30)19-25-7-4-8-26(18-25)22-36-13-15-39-16-14-36/h1-8,18,20-21,23H,9-17,19,22H2. The van der Waals surface area contributed by atoms with Gasteiger partial charge in [0.25, 0.3) is 0 Å². The summed E-state index contributed by atoms with van der Waals surface area (Å²) in [5, 5.41) is 0. The smallest absolute Gasteiger partial charge is 0.228 e. The van der Waals surface area contributed by atoms with Crippen molar-refractivity contribution in [1.82, 2.24) is 29.8 Å². The number of hydrogen-bond donors (Lipinski definition) is 0. The Hall–Kier alpha value is -3.95. The van der Waals surface area contributed by atoms with E-state index in [-0.39, 0.29) is 0 Å². The van der Waals surface area contributed by atoms with E-state index in [1.165, 1.54) is 16.7 Å². The predicted octanol–water partition coefficient (Wildman–Crippen LogP) is 3.00. The van der Waals surface area contributed by atoms with E-state index in [1.54, 1.807) is 6.33 Å². The highest BCUT2D eigenvalue weighted by Crippen LogP contribution is 2.17. The van der Waals surface area contributed by atoms with Gasteiger partial charge in [0.2, 0.25) is 11.9 Å². The molecule has 0 unspecified atom stereocenters. The minimum atomic E-state index is 0.690. The van der Waals surface area contributed by atoms with Crippen LogP contribution in [0.15, 0.2) is 73.3 Å². The van der Waals surface area contributed by atoms with Crippen LogP contribution in [0.2, 0.25) is 0 Å². The second-order valence-electron chi connectivity index (χ2n) is 10.1. The first-order valence-corrected chi connectivity index (χ1v) is 13.7. The van der Waals surface area contributed by atoms with Gasteiger partial charge in [-0.3, -0.25) is 4.90 Å². The molecule has 0 saturated carbocycles. The maximum atomic E-state index is 5.48. The number of anilines is 2. The third-order valence-corrected chi connectivity index (χ3v) is 7.26. The molecular formula is C30H34N8O. The zero-order valence-electron chi connectivity index (χ0n) is 22.2. The molecule has 0 amide bonds. The Morgan fingerprint density at radius 2 is 1.31 bits per heavy atom. The minimum Gasteiger partial charge on any atom is -0.379 e. The van der Waals surface area contributed by atoms with Crippen LogP contribution in [0, 0.1) is 0 Å². The third-order valence-electron chi connectivity index (χ3n) is 7.26. The summed E-state index contributed by atoms with van der Waals surface area (Å²) in [5.41, 5.74) is 4.92. The summed E-state index contributed by atoms with van der Waals surface area (Å²) in [6, 6.07) is 19.1. The normalized spacial score (nSPS) is 16.4. The van der Waals surface area contributed by atoms with Crippen molar-refractivity contribution in [2.75, 3.05) is 62.3 Å². The van der Waals surface area contributed by atoms with E-state index >= 15 is 0 Å². The maximum absolute atomic E-state index is 5.48. The molecule has 2 aliphatic heterocycles. The Bertz CT molecular complexity index is 1340. The Morgan fingerprint density at radius 1 is 0.615 bits per heavy atom. The fourth-order valence-corrected chi connectivity index (χ4v) is 5.14. The summed E-state index contributed by atoms with van der Waals surface area (Å²) >= 11 is 0. The summed E-state index contributed by atoms with van der Waals surface area (Å²) < 4.78 is 5.48. The molecule has 0 N–H and O–H groups in total. The van der Waals surface area contributed by atoms with E-state index in [0.29, 0.717) is 6.42 Å². The first-order valence-electron chi connectivity index (χ1n) is 13.7. The molecule has 2 saturated heterocycles. The second-order valence-corrected chi connectivity index (χ2v) is 10.1. The van der Waals surface area contributed by atoms with Gasteiger partial charge in [0, 0.05) is 71.0 Å². The molecule has 2 aliphatic rings. The molecule has 2 aromatic carbocycles. The Morgan fingerprint density at radius 3 is 2.08 bits per heavy atom. The third kappa shape index (κ3) is 6.74. The number of aromatic nitrogens is 5. The summed E-state index contributed by atoms with van der Waals surface area (Å²) in [7, 11) is 0. The molecule has 0 bridgehead atoms. The van der Waals surface area contributed by atoms with E-state index in [0.717, 1.165) is 88.7 Å². The van der Waals surface area contributed by atoms with Crippen LogP contribution in [0.4, 0.5) is 11.9 Å². The van der Waals surface area contributed by atoms with Crippen LogP contribution in [0.1, 0.15) is 28.1 Å². The molecule has 0 spiro atoms. The van der Waals surface area contributed by atoms with E-state index in [1.807, 2.05) is 18.5 Å². The fourth-order valence-electron chi connectivity index (χ4n) is 5.14. The average Bonchev–Trinajstić information content (AvgIpc) is 2.99. The maximum Gasteiger partial charge on any atom is 0.228 e. The molecule has 39 heavy (non-hydrogen) atoms. The van der Waals surface area contributed by atoms with Gasteiger partial charge < -0.3 is 14.5 Å². The SMILES string of the molecule is c1ccc(Cc2cnc(N3CCN(c4ncnc(Cc5cccc(CN6CCOCC6)c5)n4)CC3)nc2)cc1. The highest BCUT2D eigenvalue weighted by atomic mass is 16.5. The van der Waals surface area contributed by atoms with E-state index in [9.17, 15) is 0 Å². The van der Waals surface area contributed by atoms with Gasteiger partial charge in [-0.05, 0) is 22.3 Å². The molecule has 4 heterocycles. The van der Waals surface area contributed by atoms with E-state index < -0.39 is 0 Å². The van der Waals surface area contributed by atoms with Crippen molar-refractivity contribution < 1.29 is 4.74 Å². The lowest BCUT2D eigenvalue weighted by Crippen LogP contribution is -2.47. The zero-order chi connectivity index (χ0) is 26.3. The number of hydrogen-bond acceptors (Lipinski definition) is 9. The fraction of sp³-hybridized carbons (Fsp3) is 0.367. The number of morpholine rings is 1. The summed E-state index contributed by atoms with van der Waals surface area (Å²) in [5.74, 6) is 2.31. The average molecular weight is 523 g/mol. The number of nitrogens with zero attached hydrogens (tertiary/aromatic N) is 8. The summed E-state index contributed by atoms with van der Waals surface area (Å²) in [6.45, 7) is 7.82. The van der Waals surface area contributed by atoms with Gasteiger partial charge in [0.1, 0.15) is 12.2 Å². The van der Waals surface area contributed by atoms with Crippen molar-refractivity contribution >= 4 is 11.9 Å². The van der Waals surface area contributed by atoms with Crippen molar-refractivity contribution in [3.8, 4) is 0 Å². The van der Waals surface area contributed by atoms with Crippen LogP contribution in [0.25, 0.3) is 0 Å². The van der Waals surface area contributed by atoms with Crippen LogP contribution < -0.4 is 9.80 Å². The largest absolute Gasteiger partial charge is 0.379 e. The summed E-state index contributed by atoms with van der Waals surface area (Å²) in [4.78, 5) is 29.9. The second kappa shape index (κ2) is 12.3. The van der Waals surface area contributed by atoms with Gasteiger partial charge in [-0.2, -0.15) is 4.98 Å². The predicted molar refractivity (Wildman–Crippen MR) is 151 cm³/mol. The highest BCUT2D eigenvalue weighted by molar-refractivity contribution is 5.38. The van der Waals surface area contributed by atoms with Crippen molar-refractivity contribution in [3.05, 3.63) is 101 Å². The number of benzene rings is 2. The molecule has 0 aliphatic carbocycles.